The third kappa shape index (κ3) is 5.50. The van der Waals surface area contributed by atoms with Crippen LogP contribution in [0.15, 0.2) is 48.5 Å². The highest BCUT2D eigenvalue weighted by Crippen LogP contribution is 2.44. The Labute approximate surface area is 197 Å². The fourth-order valence-corrected chi connectivity index (χ4v) is 5.64. The molecule has 2 aromatic carbocycles. The topological polar surface area (TPSA) is 95.9 Å². The van der Waals surface area contributed by atoms with Crippen LogP contribution in [-0.2, 0) is 14.3 Å². The first-order chi connectivity index (χ1) is 16.0. The Kier molecular flexibility index (Phi) is 7.54. The molecule has 0 bridgehead atoms. The minimum Gasteiger partial charge on any atom is -0.481 e. The zero-order valence-electron chi connectivity index (χ0n) is 18.4. The second-order valence-corrected chi connectivity index (χ2v) is 9.42. The molecule has 1 heterocycles. The first-order valence-corrected chi connectivity index (χ1v) is 12.4. The van der Waals surface area contributed by atoms with E-state index in [0.29, 0.717) is 25.3 Å². The van der Waals surface area contributed by atoms with Gasteiger partial charge >= 0.3 is 12.1 Å². The van der Waals surface area contributed by atoms with Crippen molar-refractivity contribution in [2.24, 2.45) is 0 Å². The molecule has 8 heteroatoms. The van der Waals surface area contributed by atoms with E-state index in [1.807, 2.05) is 24.3 Å². The van der Waals surface area contributed by atoms with Crippen molar-refractivity contribution in [1.29, 1.82) is 0 Å². The predicted octanol–water partition coefficient (Wildman–Crippen LogP) is 3.72. The van der Waals surface area contributed by atoms with Crippen LogP contribution in [0.5, 0.6) is 0 Å². The number of carbonyl (C=O) groups excluding carboxylic acids is 2. The number of ether oxygens (including phenoxy) is 1. The molecule has 2 aliphatic rings. The number of alkyl carbamates (subject to hydrolysis) is 1. The van der Waals surface area contributed by atoms with Gasteiger partial charge in [-0.2, -0.15) is 11.8 Å². The van der Waals surface area contributed by atoms with Crippen LogP contribution in [0.2, 0.25) is 0 Å². The smallest absolute Gasteiger partial charge is 0.407 e. The van der Waals surface area contributed by atoms with Gasteiger partial charge in [-0.3, -0.25) is 9.59 Å². The number of nitrogens with zero attached hydrogens (tertiary/aromatic N) is 1. The number of aliphatic carboxylic acids is 1. The number of fused-ring (bicyclic) bond motifs is 3. The van der Waals surface area contributed by atoms with E-state index < -0.39 is 12.1 Å². The number of thioether (sulfide) groups is 1. The molecule has 1 aliphatic heterocycles. The molecular weight excluding hydrogens is 440 g/mol. The van der Waals surface area contributed by atoms with Crippen LogP contribution in [0.4, 0.5) is 4.79 Å². The van der Waals surface area contributed by atoms with Crippen LogP contribution in [0.25, 0.3) is 11.1 Å². The van der Waals surface area contributed by atoms with Gasteiger partial charge < -0.3 is 20.1 Å². The molecule has 1 atom stereocenters. The normalized spacial score (nSPS) is 17.2. The number of amides is 2. The summed E-state index contributed by atoms with van der Waals surface area (Å²) in [5.74, 6) is 0.525. The summed E-state index contributed by atoms with van der Waals surface area (Å²) >= 11 is 1.68. The summed E-state index contributed by atoms with van der Waals surface area (Å²) in [5, 5.41) is 11.8. The Balaban J connectivity index is 1.22. The Bertz CT molecular complexity index is 982. The third-order valence-corrected chi connectivity index (χ3v) is 7.23. The van der Waals surface area contributed by atoms with Crippen molar-refractivity contribution in [1.82, 2.24) is 10.2 Å². The molecular formula is C25H28N2O5S. The highest BCUT2D eigenvalue weighted by atomic mass is 32.2. The lowest BCUT2D eigenvalue weighted by atomic mass is 9.98. The van der Waals surface area contributed by atoms with E-state index in [1.54, 1.807) is 16.7 Å². The minimum absolute atomic E-state index is 0.00728. The van der Waals surface area contributed by atoms with Crippen LogP contribution in [0, 0.1) is 0 Å². The SMILES string of the molecule is O=C(O)CC1CSCCN1C(=O)CCCNC(=O)OCC1c2ccccc2-c2ccccc21. The third-order valence-electron chi connectivity index (χ3n) is 6.14. The zero-order chi connectivity index (χ0) is 23.2. The molecule has 7 nitrogen and oxygen atoms in total. The van der Waals surface area contributed by atoms with Crippen molar-refractivity contribution >= 4 is 29.7 Å². The van der Waals surface area contributed by atoms with Crippen LogP contribution in [0.1, 0.15) is 36.3 Å². The molecule has 1 fully saturated rings. The monoisotopic (exact) mass is 468 g/mol. The summed E-state index contributed by atoms with van der Waals surface area (Å²) in [6.07, 6.45) is 0.218. The van der Waals surface area contributed by atoms with E-state index in [1.165, 1.54) is 11.1 Å². The maximum absolute atomic E-state index is 12.5. The quantitative estimate of drug-likeness (QED) is 0.573. The lowest BCUT2D eigenvalue weighted by molar-refractivity contribution is -0.140. The number of nitrogens with one attached hydrogen (secondary N) is 1. The van der Waals surface area contributed by atoms with Crippen molar-refractivity contribution in [3.05, 3.63) is 59.7 Å². The Hall–Kier alpha value is -3.00. The van der Waals surface area contributed by atoms with E-state index in [-0.39, 0.29) is 37.3 Å². The predicted molar refractivity (Wildman–Crippen MR) is 127 cm³/mol. The van der Waals surface area contributed by atoms with E-state index in [9.17, 15) is 14.4 Å². The summed E-state index contributed by atoms with van der Waals surface area (Å²) in [5.41, 5.74) is 4.68. The van der Waals surface area contributed by atoms with Crippen molar-refractivity contribution in [2.45, 2.75) is 31.2 Å². The Morgan fingerprint density at radius 1 is 1.06 bits per heavy atom. The Morgan fingerprint density at radius 3 is 2.39 bits per heavy atom. The molecule has 2 aromatic rings. The van der Waals surface area contributed by atoms with Gasteiger partial charge in [-0.1, -0.05) is 48.5 Å². The molecule has 0 spiro atoms. The molecule has 1 unspecified atom stereocenters. The van der Waals surface area contributed by atoms with Crippen molar-refractivity contribution in [3.8, 4) is 11.1 Å². The first-order valence-electron chi connectivity index (χ1n) is 11.2. The highest BCUT2D eigenvalue weighted by Gasteiger charge is 2.30. The largest absolute Gasteiger partial charge is 0.481 e. The number of rotatable bonds is 8. The van der Waals surface area contributed by atoms with E-state index in [2.05, 4.69) is 29.6 Å². The van der Waals surface area contributed by atoms with Crippen LogP contribution in [-0.4, -0.2) is 65.2 Å². The fraction of sp³-hybridized carbons (Fsp3) is 0.400. The number of hydrogen-bond acceptors (Lipinski definition) is 5. The minimum atomic E-state index is -0.891. The van der Waals surface area contributed by atoms with Crippen LogP contribution in [0.3, 0.4) is 0 Å². The zero-order valence-corrected chi connectivity index (χ0v) is 19.2. The average Bonchev–Trinajstić information content (AvgIpc) is 3.14. The molecule has 0 radical (unpaired) electrons. The van der Waals surface area contributed by atoms with Gasteiger partial charge in [0.25, 0.3) is 0 Å². The van der Waals surface area contributed by atoms with Gasteiger partial charge in [0.05, 0.1) is 12.5 Å². The van der Waals surface area contributed by atoms with Gasteiger partial charge in [0, 0.05) is 36.9 Å². The number of carbonyl (C=O) groups is 3. The molecule has 174 valence electrons. The summed E-state index contributed by atoms with van der Waals surface area (Å²) in [6, 6.07) is 16.1. The van der Waals surface area contributed by atoms with Crippen molar-refractivity contribution < 1.29 is 24.2 Å². The van der Waals surface area contributed by atoms with E-state index >= 15 is 0 Å². The second kappa shape index (κ2) is 10.7. The molecule has 2 amide bonds. The lowest BCUT2D eigenvalue weighted by Crippen LogP contribution is -2.47. The molecule has 1 saturated heterocycles. The first kappa shape index (κ1) is 23.2. The van der Waals surface area contributed by atoms with E-state index in [0.717, 1.165) is 16.9 Å². The van der Waals surface area contributed by atoms with Crippen LogP contribution < -0.4 is 5.32 Å². The number of carboxylic acids is 1. The Morgan fingerprint density at radius 2 is 1.73 bits per heavy atom. The summed E-state index contributed by atoms with van der Waals surface area (Å²) < 4.78 is 5.51. The van der Waals surface area contributed by atoms with Gasteiger partial charge in [0.2, 0.25) is 5.91 Å². The molecule has 0 aromatic heterocycles. The van der Waals surface area contributed by atoms with Gasteiger partial charge in [-0.05, 0) is 28.7 Å². The molecule has 0 saturated carbocycles. The highest BCUT2D eigenvalue weighted by molar-refractivity contribution is 7.99. The molecule has 33 heavy (non-hydrogen) atoms. The van der Waals surface area contributed by atoms with Crippen molar-refractivity contribution in [2.75, 3.05) is 31.2 Å². The van der Waals surface area contributed by atoms with Gasteiger partial charge in [-0.25, -0.2) is 4.79 Å². The summed E-state index contributed by atoms with van der Waals surface area (Å²) in [4.78, 5) is 37.5. The lowest BCUT2D eigenvalue weighted by Gasteiger charge is -2.34. The maximum Gasteiger partial charge on any atom is 0.407 e. The van der Waals surface area contributed by atoms with Crippen molar-refractivity contribution in [3.63, 3.8) is 0 Å². The molecule has 1 aliphatic carbocycles. The standard InChI is InChI=1S/C25H28N2O5S/c28-23(27-12-13-33-16-17(27)14-24(29)30)10-5-11-26-25(31)32-15-22-20-8-3-1-6-18(20)19-7-2-4-9-21(19)22/h1-4,6-9,17,22H,5,10-16H2,(H,26,31)(H,29,30). The van der Waals surface area contributed by atoms with Gasteiger partial charge in [0.15, 0.2) is 0 Å². The second-order valence-electron chi connectivity index (χ2n) is 8.27. The number of hydrogen-bond donors (Lipinski definition) is 2. The number of benzene rings is 2. The van der Waals surface area contributed by atoms with Gasteiger partial charge in [-0.15, -0.1) is 0 Å². The van der Waals surface area contributed by atoms with Gasteiger partial charge in [0.1, 0.15) is 6.61 Å². The summed E-state index contributed by atoms with van der Waals surface area (Å²) in [6.45, 7) is 1.15. The summed E-state index contributed by atoms with van der Waals surface area (Å²) in [7, 11) is 0. The van der Waals surface area contributed by atoms with Crippen LogP contribution >= 0.6 is 11.8 Å². The fourth-order valence-electron chi connectivity index (χ4n) is 4.58. The molecule has 2 N–H and O–H groups in total. The molecule has 4 rings (SSSR count). The number of carboxylic acid groups (broad SMARTS) is 1. The van der Waals surface area contributed by atoms with E-state index in [4.69, 9.17) is 9.84 Å². The average molecular weight is 469 g/mol. The maximum atomic E-state index is 12.5.